The molecule has 27 heavy (non-hydrogen) atoms. The van der Waals surface area contributed by atoms with Gasteiger partial charge in [0.1, 0.15) is 0 Å². The molecule has 5 nitrogen and oxygen atoms in total. The van der Waals surface area contributed by atoms with Gasteiger partial charge in [0.25, 0.3) is 0 Å². The van der Waals surface area contributed by atoms with Crippen LogP contribution in [0.4, 0.5) is 11.4 Å². The maximum Gasteiger partial charge on any atom is 0.227 e. The van der Waals surface area contributed by atoms with E-state index < -0.39 is 0 Å². The quantitative estimate of drug-likeness (QED) is 0.833. The van der Waals surface area contributed by atoms with E-state index in [1.165, 1.54) is 11.3 Å². The van der Waals surface area contributed by atoms with Gasteiger partial charge in [0, 0.05) is 43.4 Å². The molecule has 142 valence electrons. The lowest BCUT2D eigenvalue weighted by molar-refractivity contribution is -0.125. The van der Waals surface area contributed by atoms with Crippen LogP contribution in [0.2, 0.25) is 0 Å². The number of thiophene rings is 1. The Morgan fingerprint density at radius 3 is 2.78 bits per heavy atom. The molecule has 2 aliphatic rings. The summed E-state index contributed by atoms with van der Waals surface area (Å²) in [6, 6.07) is 12.6. The highest BCUT2D eigenvalue weighted by atomic mass is 32.1. The van der Waals surface area contributed by atoms with Gasteiger partial charge >= 0.3 is 0 Å². The lowest BCUT2D eigenvalue weighted by Gasteiger charge is -2.40. The number of amides is 2. The molecule has 0 saturated carbocycles. The largest absolute Gasteiger partial charge is 0.365 e. The molecular formula is C21H25N3O2S. The van der Waals surface area contributed by atoms with Crippen LogP contribution in [0.15, 0.2) is 41.8 Å². The number of rotatable bonds is 6. The Bertz CT molecular complexity index is 806. The number of carbonyl (C=O) groups is 2. The molecule has 0 bridgehead atoms. The zero-order valence-electron chi connectivity index (χ0n) is 15.4. The zero-order chi connectivity index (χ0) is 18.6. The molecule has 2 amide bonds. The van der Waals surface area contributed by atoms with Crippen LogP contribution in [0.3, 0.4) is 0 Å². The number of benzene rings is 1. The van der Waals surface area contributed by atoms with Crippen LogP contribution in [0.5, 0.6) is 0 Å². The Balaban J connectivity index is 1.31. The van der Waals surface area contributed by atoms with E-state index in [0.29, 0.717) is 12.6 Å². The molecule has 1 aromatic carbocycles. The normalized spacial score (nSPS) is 18.1. The van der Waals surface area contributed by atoms with Crippen LogP contribution in [0.25, 0.3) is 0 Å². The van der Waals surface area contributed by atoms with Gasteiger partial charge in [0.15, 0.2) is 0 Å². The van der Waals surface area contributed by atoms with Gasteiger partial charge < -0.3 is 15.1 Å². The fourth-order valence-electron chi connectivity index (χ4n) is 4.05. The van der Waals surface area contributed by atoms with Crippen molar-refractivity contribution in [1.82, 2.24) is 5.32 Å². The minimum atomic E-state index is -0.0484. The topological polar surface area (TPSA) is 52.7 Å². The molecule has 1 saturated heterocycles. The number of fused-ring (bicyclic) bond motifs is 3. The highest BCUT2D eigenvalue weighted by Crippen LogP contribution is 2.39. The van der Waals surface area contributed by atoms with Crippen molar-refractivity contribution in [3.63, 3.8) is 0 Å². The molecule has 0 radical (unpaired) electrons. The number of hydrogen-bond acceptors (Lipinski definition) is 4. The first-order chi connectivity index (χ1) is 13.2. The summed E-state index contributed by atoms with van der Waals surface area (Å²) in [4.78, 5) is 30.5. The number of para-hydroxylation sites is 2. The Morgan fingerprint density at radius 1 is 1.11 bits per heavy atom. The summed E-state index contributed by atoms with van der Waals surface area (Å²) in [6.45, 7) is 2.42. The number of carbonyl (C=O) groups excluding carboxylic acids is 2. The van der Waals surface area contributed by atoms with Gasteiger partial charge in [0.05, 0.1) is 11.4 Å². The van der Waals surface area contributed by atoms with E-state index in [-0.39, 0.29) is 24.7 Å². The first-order valence-corrected chi connectivity index (χ1v) is 10.6. The minimum absolute atomic E-state index is 0.0439. The molecule has 0 aliphatic carbocycles. The second kappa shape index (κ2) is 8.13. The van der Waals surface area contributed by atoms with Gasteiger partial charge in [-0.2, -0.15) is 0 Å². The maximum atomic E-state index is 12.8. The van der Waals surface area contributed by atoms with E-state index in [1.807, 2.05) is 34.5 Å². The summed E-state index contributed by atoms with van der Waals surface area (Å²) < 4.78 is 0. The van der Waals surface area contributed by atoms with Crippen molar-refractivity contribution in [3.05, 3.63) is 46.7 Å². The van der Waals surface area contributed by atoms with Gasteiger partial charge in [-0.25, -0.2) is 0 Å². The molecule has 1 aromatic heterocycles. The van der Waals surface area contributed by atoms with Crippen molar-refractivity contribution in [3.8, 4) is 0 Å². The predicted octanol–water partition coefficient (Wildman–Crippen LogP) is 3.20. The average Bonchev–Trinajstić information content (AvgIpc) is 3.37. The summed E-state index contributed by atoms with van der Waals surface area (Å²) in [6.07, 6.45) is 3.64. The van der Waals surface area contributed by atoms with Gasteiger partial charge in [-0.05, 0) is 42.8 Å². The highest BCUT2D eigenvalue weighted by Gasteiger charge is 2.35. The fourth-order valence-corrected chi connectivity index (χ4v) is 4.76. The van der Waals surface area contributed by atoms with E-state index in [0.717, 1.165) is 37.3 Å². The molecule has 0 spiro atoms. The second-order valence-corrected chi connectivity index (χ2v) is 8.19. The molecule has 2 aromatic rings. The minimum Gasteiger partial charge on any atom is -0.365 e. The van der Waals surface area contributed by atoms with Crippen LogP contribution in [0, 0.1) is 0 Å². The summed E-state index contributed by atoms with van der Waals surface area (Å²) in [5, 5.41) is 4.96. The smallest absolute Gasteiger partial charge is 0.227 e. The summed E-state index contributed by atoms with van der Waals surface area (Å²) in [7, 11) is 0. The molecule has 3 heterocycles. The Labute approximate surface area is 164 Å². The van der Waals surface area contributed by atoms with Gasteiger partial charge in [0.2, 0.25) is 11.8 Å². The van der Waals surface area contributed by atoms with Crippen molar-refractivity contribution in [2.24, 2.45) is 0 Å². The molecule has 1 atom stereocenters. The van der Waals surface area contributed by atoms with E-state index in [9.17, 15) is 9.59 Å². The molecule has 1 fully saturated rings. The number of nitrogens with one attached hydrogen (secondary N) is 1. The average molecular weight is 384 g/mol. The molecule has 2 aliphatic heterocycles. The summed E-state index contributed by atoms with van der Waals surface area (Å²) in [5.74, 6) is -0.00454. The van der Waals surface area contributed by atoms with E-state index in [1.54, 1.807) is 11.3 Å². The van der Waals surface area contributed by atoms with Gasteiger partial charge in [-0.1, -0.05) is 18.2 Å². The third kappa shape index (κ3) is 4.00. The fraction of sp³-hybridized carbons (Fsp3) is 0.429. The molecule has 6 heteroatoms. The number of anilines is 2. The Kier molecular flexibility index (Phi) is 5.43. The highest BCUT2D eigenvalue weighted by molar-refractivity contribution is 7.09. The van der Waals surface area contributed by atoms with E-state index >= 15 is 0 Å². The lowest BCUT2D eigenvalue weighted by atomic mass is 10.1. The van der Waals surface area contributed by atoms with Crippen molar-refractivity contribution in [1.29, 1.82) is 0 Å². The second-order valence-electron chi connectivity index (χ2n) is 7.16. The van der Waals surface area contributed by atoms with Crippen LogP contribution in [0.1, 0.15) is 30.6 Å². The molecule has 1 unspecified atom stereocenters. The van der Waals surface area contributed by atoms with Gasteiger partial charge in [-0.3, -0.25) is 9.59 Å². The maximum absolute atomic E-state index is 12.8. The SMILES string of the molecule is O=C(CCC(=O)N1CC2CCCN2c2ccccc21)NCCc1cccs1. The Hall–Kier alpha value is -2.34. The third-order valence-electron chi connectivity index (χ3n) is 5.39. The molecule has 1 N–H and O–H groups in total. The summed E-state index contributed by atoms with van der Waals surface area (Å²) in [5.41, 5.74) is 2.14. The van der Waals surface area contributed by atoms with E-state index in [2.05, 4.69) is 22.3 Å². The number of hydrogen-bond donors (Lipinski definition) is 1. The molecular weight excluding hydrogens is 358 g/mol. The predicted molar refractivity (Wildman–Crippen MR) is 109 cm³/mol. The summed E-state index contributed by atoms with van der Waals surface area (Å²) >= 11 is 1.70. The first kappa shape index (κ1) is 18.0. The number of nitrogens with zero attached hydrogens (tertiary/aromatic N) is 2. The standard InChI is InChI=1S/C21H25N3O2S/c25-20(22-12-11-17-6-4-14-27-17)9-10-21(26)24-15-16-5-3-13-23(16)18-7-1-2-8-19(18)24/h1-2,4,6-8,14,16H,3,5,9-13,15H2,(H,22,25). The van der Waals surface area contributed by atoms with Crippen molar-refractivity contribution in [2.75, 3.05) is 29.4 Å². The van der Waals surface area contributed by atoms with E-state index in [4.69, 9.17) is 0 Å². The third-order valence-corrected chi connectivity index (χ3v) is 6.33. The lowest BCUT2D eigenvalue weighted by Crippen LogP contribution is -2.48. The van der Waals surface area contributed by atoms with Crippen LogP contribution >= 0.6 is 11.3 Å². The Morgan fingerprint density at radius 2 is 1.96 bits per heavy atom. The van der Waals surface area contributed by atoms with Crippen molar-refractivity contribution >= 4 is 34.5 Å². The molecule has 4 rings (SSSR count). The zero-order valence-corrected chi connectivity index (χ0v) is 16.2. The first-order valence-electron chi connectivity index (χ1n) is 9.67. The monoisotopic (exact) mass is 383 g/mol. The van der Waals surface area contributed by atoms with Crippen LogP contribution in [-0.4, -0.2) is 37.5 Å². The van der Waals surface area contributed by atoms with Crippen LogP contribution < -0.4 is 15.1 Å². The van der Waals surface area contributed by atoms with Gasteiger partial charge in [-0.15, -0.1) is 11.3 Å². The van der Waals surface area contributed by atoms with Crippen LogP contribution in [-0.2, 0) is 16.0 Å². The van der Waals surface area contributed by atoms with Crippen molar-refractivity contribution < 1.29 is 9.59 Å². The van der Waals surface area contributed by atoms with Crippen molar-refractivity contribution in [2.45, 2.75) is 38.1 Å².